The van der Waals surface area contributed by atoms with Gasteiger partial charge in [0.05, 0.1) is 11.9 Å². The van der Waals surface area contributed by atoms with Gasteiger partial charge in [-0.25, -0.2) is 4.40 Å². The lowest BCUT2D eigenvalue weighted by atomic mass is 10.1. The fourth-order valence-electron chi connectivity index (χ4n) is 0.989. The molecule has 0 saturated carbocycles. The monoisotopic (exact) mass is 204 g/mol. The van der Waals surface area contributed by atoms with Crippen molar-refractivity contribution in [2.75, 3.05) is 0 Å². The first-order chi connectivity index (χ1) is 6.97. The van der Waals surface area contributed by atoms with Gasteiger partial charge in [0.1, 0.15) is 6.26 Å². The van der Waals surface area contributed by atoms with Crippen molar-refractivity contribution < 1.29 is 4.84 Å². The Hall–Kier alpha value is -1.55. The first-order valence-electron chi connectivity index (χ1n) is 4.10. The standard InChI is InChI=1S/C10H8N2OS/c1-2-7-14-12-10(5-1)9-4-3-6-13-11-8-9/h1-8H. The van der Waals surface area contributed by atoms with Crippen LogP contribution in [0.3, 0.4) is 0 Å². The highest BCUT2D eigenvalue weighted by atomic mass is 32.2. The second kappa shape index (κ2) is 4.62. The van der Waals surface area contributed by atoms with Crippen LogP contribution >= 0.6 is 11.9 Å². The van der Waals surface area contributed by atoms with Crippen molar-refractivity contribution >= 4 is 23.9 Å². The zero-order chi connectivity index (χ0) is 9.64. The molecule has 70 valence electrons. The summed E-state index contributed by atoms with van der Waals surface area (Å²) in [5.41, 5.74) is 1.82. The molecule has 0 unspecified atom stereocenters. The third-order valence-corrected chi connectivity index (χ3v) is 2.20. The molecule has 0 atom stereocenters. The Morgan fingerprint density at radius 3 is 3.21 bits per heavy atom. The third kappa shape index (κ3) is 2.23. The van der Waals surface area contributed by atoms with E-state index in [1.54, 1.807) is 12.3 Å². The molecule has 0 amide bonds. The van der Waals surface area contributed by atoms with Gasteiger partial charge in [-0.15, -0.1) is 0 Å². The SMILES string of the molecule is C1=CON=CC(C2=NSC=CC=C2)=C1. The average Bonchev–Trinajstić information content (AvgIpc) is 2.62. The average molecular weight is 204 g/mol. The molecule has 0 aliphatic carbocycles. The Morgan fingerprint density at radius 2 is 2.21 bits per heavy atom. The van der Waals surface area contributed by atoms with E-state index in [2.05, 4.69) is 9.55 Å². The molecule has 0 aromatic carbocycles. The lowest BCUT2D eigenvalue weighted by molar-refractivity contribution is 0.271. The van der Waals surface area contributed by atoms with Gasteiger partial charge in [0.2, 0.25) is 0 Å². The van der Waals surface area contributed by atoms with E-state index in [-0.39, 0.29) is 0 Å². The highest BCUT2D eigenvalue weighted by molar-refractivity contribution is 8.01. The Kier molecular flexibility index (Phi) is 2.98. The number of oxime groups is 1. The van der Waals surface area contributed by atoms with Crippen LogP contribution in [0, 0.1) is 0 Å². The Balaban J connectivity index is 2.26. The van der Waals surface area contributed by atoms with Crippen molar-refractivity contribution in [2.45, 2.75) is 0 Å². The Morgan fingerprint density at radius 1 is 1.21 bits per heavy atom. The van der Waals surface area contributed by atoms with Crippen molar-refractivity contribution in [3.05, 3.63) is 47.6 Å². The molecule has 0 aromatic heterocycles. The molecule has 0 N–H and O–H groups in total. The zero-order valence-corrected chi connectivity index (χ0v) is 8.15. The summed E-state index contributed by atoms with van der Waals surface area (Å²) in [6, 6.07) is 0. The van der Waals surface area contributed by atoms with E-state index in [1.807, 2.05) is 29.7 Å². The fourth-order valence-corrected chi connectivity index (χ4v) is 1.49. The summed E-state index contributed by atoms with van der Waals surface area (Å²) in [5.74, 6) is 0. The van der Waals surface area contributed by atoms with Crippen molar-refractivity contribution in [3.63, 3.8) is 0 Å². The summed E-state index contributed by atoms with van der Waals surface area (Å²) in [5, 5.41) is 5.65. The van der Waals surface area contributed by atoms with Crippen LogP contribution in [0.1, 0.15) is 0 Å². The first kappa shape index (κ1) is 9.02. The minimum atomic E-state index is 0.888. The molecule has 14 heavy (non-hydrogen) atoms. The van der Waals surface area contributed by atoms with E-state index in [0.717, 1.165) is 11.3 Å². The minimum Gasteiger partial charge on any atom is -0.365 e. The second-order valence-electron chi connectivity index (χ2n) is 2.56. The first-order valence-corrected chi connectivity index (χ1v) is 4.94. The van der Waals surface area contributed by atoms with Gasteiger partial charge in [0, 0.05) is 17.5 Å². The number of rotatable bonds is 1. The van der Waals surface area contributed by atoms with Gasteiger partial charge in [-0.2, -0.15) is 0 Å². The normalized spacial score (nSPS) is 19.4. The number of hydrogen-bond donors (Lipinski definition) is 0. The molecule has 0 spiro atoms. The maximum atomic E-state index is 4.78. The van der Waals surface area contributed by atoms with Gasteiger partial charge in [-0.1, -0.05) is 17.3 Å². The van der Waals surface area contributed by atoms with E-state index >= 15 is 0 Å². The molecule has 4 heteroatoms. The largest absolute Gasteiger partial charge is 0.365 e. The van der Waals surface area contributed by atoms with Crippen molar-refractivity contribution in [1.82, 2.24) is 0 Å². The van der Waals surface area contributed by atoms with Crippen LogP contribution in [0.2, 0.25) is 0 Å². The maximum absolute atomic E-state index is 4.78. The highest BCUT2D eigenvalue weighted by Gasteiger charge is 2.03. The molecule has 0 radical (unpaired) electrons. The van der Waals surface area contributed by atoms with Gasteiger partial charge in [-0.05, 0) is 23.6 Å². The molecule has 2 heterocycles. The van der Waals surface area contributed by atoms with Crippen LogP contribution in [-0.2, 0) is 4.84 Å². The summed E-state index contributed by atoms with van der Waals surface area (Å²) < 4.78 is 4.30. The smallest absolute Gasteiger partial charge is 0.122 e. The quantitative estimate of drug-likeness (QED) is 0.615. The molecule has 3 nitrogen and oxygen atoms in total. The predicted octanol–water partition coefficient (Wildman–Crippen LogP) is 2.62. The predicted molar refractivity (Wildman–Crippen MR) is 60.1 cm³/mol. The molecule has 0 bridgehead atoms. The molecule has 2 aliphatic heterocycles. The molecular weight excluding hydrogens is 196 g/mol. The van der Waals surface area contributed by atoms with Crippen molar-refractivity contribution in [2.24, 2.45) is 9.55 Å². The van der Waals surface area contributed by atoms with E-state index in [1.165, 1.54) is 18.2 Å². The number of hydrogen-bond acceptors (Lipinski definition) is 4. The topological polar surface area (TPSA) is 34.0 Å². The highest BCUT2D eigenvalue weighted by Crippen LogP contribution is 2.13. The van der Waals surface area contributed by atoms with Crippen LogP contribution in [0.5, 0.6) is 0 Å². The van der Waals surface area contributed by atoms with Gasteiger partial charge in [0.15, 0.2) is 0 Å². The van der Waals surface area contributed by atoms with Gasteiger partial charge in [-0.3, -0.25) is 0 Å². The molecule has 0 aromatic rings. The minimum absolute atomic E-state index is 0.888. The van der Waals surface area contributed by atoms with Crippen molar-refractivity contribution in [3.8, 4) is 0 Å². The van der Waals surface area contributed by atoms with Gasteiger partial charge >= 0.3 is 0 Å². The maximum Gasteiger partial charge on any atom is 0.122 e. The second-order valence-corrected chi connectivity index (χ2v) is 3.23. The van der Waals surface area contributed by atoms with Crippen molar-refractivity contribution in [1.29, 1.82) is 0 Å². The Bertz CT molecular complexity index is 389. The van der Waals surface area contributed by atoms with Crippen LogP contribution in [0.15, 0.2) is 57.2 Å². The lowest BCUT2D eigenvalue weighted by Crippen LogP contribution is -1.99. The van der Waals surface area contributed by atoms with Crippen LogP contribution in [0.25, 0.3) is 0 Å². The van der Waals surface area contributed by atoms with Crippen LogP contribution < -0.4 is 0 Å². The molecular formula is C10H8N2OS. The summed E-state index contributed by atoms with van der Waals surface area (Å²) >= 11 is 1.40. The van der Waals surface area contributed by atoms with E-state index in [9.17, 15) is 0 Å². The summed E-state index contributed by atoms with van der Waals surface area (Å²) in [4.78, 5) is 4.78. The van der Waals surface area contributed by atoms with Gasteiger partial charge < -0.3 is 4.84 Å². The molecule has 0 fully saturated rings. The summed E-state index contributed by atoms with van der Waals surface area (Å²) in [6.07, 6.45) is 12.7. The molecule has 0 saturated heterocycles. The van der Waals surface area contributed by atoms with Gasteiger partial charge in [0.25, 0.3) is 0 Å². The zero-order valence-electron chi connectivity index (χ0n) is 7.33. The van der Waals surface area contributed by atoms with E-state index in [0.29, 0.717) is 0 Å². The molecule has 2 rings (SSSR count). The third-order valence-electron chi connectivity index (χ3n) is 1.62. The number of nitrogens with zero attached hydrogens (tertiary/aromatic N) is 2. The molecule has 2 aliphatic rings. The van der Waals surface area contributed by atoms with Crippen LogP contribution in [-0.4, -0.2) is 11.9 Å². The van der Waals surface area contributed by atoms with E-state index < -0.39 is 0 Å². The van der Waals surface area contributed by atoms with E-state index in [4.69, 9.17) is 4.84 Å². The number of allylic oxidation sites excluding steroid dienone is 6. The fraction of sp³-hybridized carbons (Fsp3) is 0. The van der Waals surface area contributed by atoms with Crippen LogP contribution in [0.4, 0.5) is 0 Å². The summed E-state index contributed by atoms with van der Waals surface area (Å²) in [7, 11) is 0. The lowest BCUT2D eigenvalue weighted by Gasteiger charge is -1.97. The summed E-state index contributed by atoms with van der Waals surface area (Å²) in [6.45, 7) is 0. The Labute approximate surface area is 86.4 Å².